The molecule has 2 heterocycles. The predicted octanol–water partition coefficient (Wildman–Crippen LogP) is 3.22. The van der Waals surface area contributed by atoms with E-state index in [1.807, 2.05) is 0 Å². The quantitative estimate of drug-likeness (QED) is 0.864. The molecule has 3 heteroatoms. The van der Waals surface area contributed by atoms with E-state index in [1.165, 1.54) is 22.6 Å². The fourth-order valence-corrected chi connectivity index (χ4v) is 3.43. The molecule has 112 valence electrons. The number of nitrogens with zero attached hydrogens (tertiary/aromatic N) is 3. The highest BCUT2D eigenvalue weighted by molar-refractivity contribution is 5.84. The lowest BCUT2D eigenvalue weighted by atomic mass is 10.0. The highest BCUT2D eigenvalue weighted by Gasteiger charge is 2.38. The standard InChI is InChI=1S/C19H21N3/c1-15-7-9-17(10-8-15)18-14-21(19-20-11-12-22(18)19)13-16-5-3-2-4-6-16/h2-10,18H,11-14H2,1H3. The SMILES string of the molecule is Cc1ccc(C2CN(Cc3ccccc3)C3=NCCN32)cc1. The summed E-state index contributed by atoms with van der Waals surface area (Å²) in [6.45, 7) is 6.07. The van der Waals surface area contributed by atoms with Crippen LogP contribution in [0.5, 0.6) is 0 Å². The summed E-state index contributed by atoms with van der Waals surface area (Å²) in [6.07, 6.45) is 0. The Bertz CT molecular complexity index is 676. The molecule has 0 spiro atoms. The van der Waals surface area contributed by atoms with Crippen LogP contribution in [0.2, 0.25) is 0 Å². The molecule has 2 aromatic carbocycles. The molecule has 0 aromatic heterocycles. The van der Waals surface area contributed by atoms with E-state index in [1.54, 1.807) is 0 Å². The molecule has 4 rings (SSSR count). The fourth-order valence-electron chi connectivity index (χ4n) is 3.43. The Morgan fingerprint density at radius 2 is 1.82 bits per heavy atom. The minimum atomic E-state index is 0.436. The van der Waals surface area contributed by atoms with Crippen LogP contribution in [0.1, 0.15) is 22.7 Å². The molecular weight excluding hydrogens is 270 g/mol. The number of aryl methyl sites for hydroxylation is 1. The first-order valence-corrected chi connectivity index (χ1v) is 7.98. The van der Waals surface area contributed by atoms with E-state index in [9.17, 15) is 0 Å². The van der Waals surface area contributed by atoms with Crippen molar-refractivity contribution in [1.29, 1.82) is 0 Å². The highest BCUT2D eigenvalue weighted by atomic mass is 15.5. The van der Waals surface area contributed by atoms with E-state index in [4.69, 9.17) is 4.99 Å². The lowest BCUT2D eigenvalue weighted by Gasteiger charge is -2.21. The second-order valence-electron chi connectivity index (χ2n) is 6.17. The fraction of sp³-hybridized carbons (Fsp3) is 0.316. The van der Waals surface area contributed by atoms with E-state index in [2.05, 4.69) is 71.3 Å². The van der Waals surface area contributed by atoms with Crippen LogP contribution < -0.4 is 0 Å². The summed E-state index contributed by atoms with van der Waals surface area (Å²) < 4.78 is 0. The van der Waals surface area contributed by atoms with Gasteiger partial charge in [0, 0.05) is 19.6 Å². The van der Waals surface area contributed by atoms with Crippen molar-refractivity contribution in [2.24, 2.45) is 4.99 Å². The molecule has 0 saturated carbocycles. The number of hydrogen-bond donors (Lipinski definition) is 0. The molecule has 1 unspecified atom stereocenters. The van der Waals surface area contributed by atoms with Gasteiger partial charge in [-0.2, -0.15) is 0 Å². The van der Waals surface area contributed by atoms with Crippen molar-refractivity contribution in [3.8, 4) is 0 Å². The zero-order chi connectivity index (χ0) is 14.9. The molecular formula is C19H21N3. The number of rotatable bonds is 3. The van der Waals surface area contributed by atoms with Crippen LogP contribution in [0.3, 0.4) is 0 Å². The van der Waals surface area contributed by atoms with Crippen molar-refractivity contribution in [2.45, 2.75) is 19.5 Å². The molecule has 1 fully saturated rings. The third-order valence-electron chi connectivity index (χ3n) is 4.58. The Morgan fingerprint density at radius 3 is 2.59 bits per heavy atom. The van der Waals surface area contributed by atoms with E-state index in [-0.39, 0.29) is 0 Å². The third-order valence-corrected chi connectivity index (χ3v) is 4.58. The largest absolute Gasteiger partial charge is 0.336 e. The monoisotopic (exact) mass is 291 g/mol. The molecule has 0 amide bonds. The number of guanidine groups is 1. The maximum absolute atomic E-state index is 4.74. The molecule has 0 N–H and O–H groups in total. The smallest absolute Gasteiger partial charge is 0.197 e. The van der Waals surface area contributed by atoms with Crippen LogP contribution in [0.15, 0.2) is 59.6 Å². The highest BCUT2D eigenvalue weighted by Crippen LogP contribution is 2.32. The first-order valence-electron chi connectivity index (χ1n) is 7.98. The number of benzene rings is 2. The second-order valence-corrected chi connectivity index (χ2v) is 6.17. The normalized spacial score (nSPS) is 20.2. The van der Waals surface area contributed by atoms with Gasteiger partial charge < -0.3 is 9.80 Å². The maximum atomic E-state index is 4.74. The Balaban J connectivity index is 1.59. The van der Waals surface area contributed by atoms with Crippen LogP contribution in [0, 0.1) is 6.92 Å². The van der Waals surface area contributed by atoms with Crippen molar-refractivity contribution in [3.05, 3.63) is 71.3 Å². The summed E-state index contributed by atoms with van der Waals surface area (Å²) in [7, 11) is 0. The van der Waals surface area contributed by atoms with Gasteiger partial charge in [-0.15, -0.1) is 0 Å². The summed E-state index contributed by atoms with van der Waals surface area (Å²) in [4.78, 5) is 9.63. The van der Waals surface area contributed by atoms with Crippen molar-refractivity contribution in [3.63, 3.8) is 0 Å². The second kappa shape index (κ2) is 5.48. The Labute approximate surface area is 131 Å². The first kappa shape index (κ1) is 13.4. The van der Waals surface area contributed by atoms with E-state index >= 15 is 0 Å². The molecule has 1 saturated heterocycles. The molecule has 22 heavy (non-hydrogen) atoms. The molecule has 0 radical (unpaired) electrons. The van der Waals surface area contributed by atoms with Crippen LogP contribution in [0.4, 0.5) is 0 Å². The van der Waals surface area contributed by atoms with Gasteiger partial charge in [-0.1, -0.05) is 60.2 Å². The van der Waals surface area contributed by atoms with Crippen molar-refractivity contribution in [2.75, 3.05) is 19.6 Å². The molecule has 2 aliphatic heterocycles. The number of aliphatic imine (C=N–C) groups is 1. The summed E-state index contributed by atoms with van der Waals surface area (Å²) in [5, 5.41) is 0. The van der Waals surface area contributed by atoms with Crippen molar-refractivity contribution >= 4 is 5.96 Å². The van der Waals surface area contributed by atoms with E-state index < -0.39 is 0 Å². The lowest BCUT2D eigenvalue weighted by Crippen LogP contribution is -2.30. The minimum absolute atomic E-state index is 0.436. The maximum Gasteiger partial charge on any atom is 0.197 e. The van der Waals surface area contributed by atoms with Crippen LogP contribution >= 0.6 is 0 Å². The predicted molar refractivity (Wildman–Crippen MR) is 89.8 cm³/mol. The number of hydrogen-bond acceptors (Lipinski definition) is 3. The van der Waals surface area contributed by atoms with Gasteiger partial charge in [-0.25, -0.2) is 0 Å². The Morgan fingerprint density at radius 1 is 1.05 bits per heavy atom. The van der Waals surface area contributed by atoms with Gasteiger partial charge in [0.05, 0.1) is 12.6 Å². The molecule has 2 aromatic rings. The van der Waals surface area contributed by atoms with Crippen molar-refractivity contribution < 1.29 is 0 Å². The average Bonchev–Trinajstić information content (AvgIpc) is 3.13. The van der Waals surface area contributed by atoms with Gasteiger partial charge in [-0.05, 0) is 18.1 Å². The van der Waals surface area contributed by atoms with Gasteiger partial charge in [0.15, 0.2) is 5.96 Å². The van der Waals surface area contributed by atoms with E-state index in [0.717, 1.165) is 26.2 Å². The zero-order valence-electron chi connectivity index (χ0n) is 12.9. The summed E-state index contributed by atoms with van der Waals surface area (Å²) in [6, 6.07) is 20.1. The van der Waals surface area contributed by atoms with Crippen LogP contribution in [0.25, 0.3) is 0 Å². The molecule has 3 nitrogen and oxygen atoms in total. The van der Waals surface area contributed by atoms with Crippen LogP contribution in [-0.2, 0) is 6.54 Å². The van der Waals surface area contributed by atoms with Gasteiger partial charge >= 0.3 is 0 Å². The van der Waals surface area contributed by atoms with E-state index in [0.29, 0.717) is 6.04 Å². The molecule has 2 aliphatic rings. The molecule has 0 aliphatic carbocycles. The van der Waals surface area contributed by atoms with Gasteiger partial charge in [0.25, 0.3) is 0 Å². The van der Waals surface area contributed by atoms with Crippen LogP contribution in [-0.4, -0.2) is 35.4 Å². The first-order chi connectivity index (χ1) is 10.8. The third kappa shape index (κ3) is 2.37. The Kier molecular flexibility index (Phi) is 3.34. The van der Waals surface area contributed by atoms with Gasteiger partial charge in [-0.3, -0.25) is 4.99 Å². The molecule has 1 atom stereocenters. The summed E-state index contributed by atoms with van der Waals surface area (Å²) in [5.74, 6) is 1.18. The van der Waals surface area contributed by atoms with Crippen molar-refractivity contribution in [1.82, 2.24) is 9.80 Å². The molecule has 0 bridgehead atoms. The van der Waals surface area contributed by atoms with Gasteiger partial charge in [0.1, 0.15) is 0 Å². The summed E-state index contributed by atoms with van der Waals surface area (Å²) >= 11 is 0. The van der Waals surface area contributed by atoms with Gasteiger partial charge in [0.2, 0.25) is 0 Å². The minimum Gasteiger partial charge on any atom is -0.336 e. The average molecular weight is 291 g/mol. The number of fused-ring (bicyclic) bond motifs is 1. The lowest BCUT2D eigenvalue weighted by molar-refractivity contribution is 0.362. The Hall–Kier alpha value is -2.29. The topological polar surface area (TPSA) is 18.8 Å². The summed E-state index contributed by atoms with van der Waals surface area (Å²) in [5.41, 5.74) is 4.07. The zero-order valence-corrected chi connectivity index (χ0v) is 12.9.